The van der Waals surface area contributed by atoms with E-state index in [0.717, 1.165) is 0 Å². The smallest absolute Gasteiger partial charge is 0.333 e. The van der Waals surface area contributed by atoms with Crippen LogP contribution in [0.2, 0.25) is 0 Å². The van der Waals surface area contributed by atoms with Gasteiger partial charge in [0.2, 0.25) is 0 Å². The number of thiophene rings is 1. The fourth-order valence-electron chi connectivity index (χ4n) is 9.88. The first-order valence-electron chi connectivity index (χ1n) is 21.6. The van der Waals surface area contributed by atoms with Gasteiger partial charge in [0, 0.05) is 43.7 Å². The highest BCUT2D eigenvalue weighted by Gasteiger charge is 2.46. The highest BCUT2D eigenvalue weighted by molar-refractivity contribution is 7.26. The van der Waals surface area contributed by atoms with Crippen LogP contribution in [0.1, 0.15) is 58.2 Å². The molecule has 0 saturated heterocycles. The Morgan fingerprint density at radius 1 is 0.475 bits per heavy atom. The fourth-order valence-corrected chi connectivity index (χ4v) is 11.1. The van der Waals surface area contributed by atoms with Gasteiger partial charge in [0.25, 0.3) is 0 Å². The van der Waals surface area contributed by atoms with Crippen LogP contribution < -0.4 is 20.6 Å². The van der Waals surface area contributed by atoms with Crippen LogP contribution in [0, 0.1) is 6.92 Å². The fraction of sp³-hybridized carbons (Fsp3) is 0.158. The van der Waals surface area contributed by atoms with Gasteiger partial charge in [-0.15, -0.1) is 11.3 Å². The molecule has 2 aliphatic rings. The van der Waals surface area contributed by atoms with E-state index in [-0.39, 0.29) is 17.7 Å². The van der Waals surface area contributed by atoms with Gasteiger partial charge in [0.1, 0.15) is 0 Å². The van der Waals surface area contributed by atoms with Crippen molar-refractivity contribution in [2.45, 2.75) is 59.3 Å². The third-order valence-electron chi connectivity index (χ3n) is 13.0. The van der Waals surface area contributed by atoms with Crippen molar-refractivity contribution in [2.75, 3.05) is 9.71 Å². The lowest BCUT2D eigenvalue weighted by Gasteiger charge is -2.46. The van der Waals surface area contributed by atoms with E-state index >= 15 is 0 Å². The minimum Gasteiger partial charge on any atom is -0.376 e. The van der Waals surface area contributed by atoms with E-state index in [2.05, 4.69) is 228 Å². The van der Waals surface area contributed by atoms with E-state index in [1.54, 1.807) is 0 Å². The summed E-state index contributed by atoms with van der Waals surface area (Å²) in [5.41, 5.74) is 20.2. The second kappa shape index (κ2) is 13.8. The van der Waals surface area contributed by atoms with Gasteiger partial charge in [-0.2, -0.15) is 0 Å². The quantitative estimate of drug-likeness (QED) is 0.164. The maximum atomic E-state index is 2.65. The maximum absolute atomic E-state index is 2.65. The molecule has 0 aliphatic carbocycles. The number of benzene rings is 8. The number of fused-ring (bicyclic) bond motifs is 8. The summed E-state index contributed by atoms with van der Waals surface area (Å²) in [5, 5.41) is 2.61. The molecule has 61 heavy (non-hydrogen) atoms. The topological polar surface area (TPSA) is 6.48 Å². The first-order chi connectivity index (χ1) is 29.4. The minimum atomic E-state index is -0.0731. The van der Waals surface area contributed by atoms with E-state index in [0.29, 0.717) is 0 Å². The summed E-state index contributed by atoms with van der Waals surface area (Å²) in [5.74, 6) is 0. The molecule has 0 saturated carbocycles. The number of rotatable bonds is 4. The predicted octanol–water partition coefficient (Wildman–Crippen LogP) is 15.0. The van der Waals surface area contributed by atoms with Crippen LogP contribution in [0.5, 0.6) is 0 Å². The summed E-state index contributed by atoms with van der Waals surface area (Å²) in [4.78, 5) is 5.30. The van der Waals surface area contributed by atoms with Crippen LogP contribution in [0.4, 0.5) is 28.4 Å². The maximum Gasteiger partial charge on any atom is 0.333 e. The van der Waals surface area contributed by atoms with Gasteiger partial charge in [-0.1, -0.05) is 163 Å². The lowest BCUT2D eigenvalue weighted by Crippen LogP contribution is -2.61. The van der Waals surface area contributed by atoms with Crippen LogP contribution in [0.15, 0.2) is 170 Å². The van der Waals surface area contributed by atoms with Crippen LogP contribution >= 0.6 is 11.3 Å². The SMILES string of the molecule is Cc1cc2c3c(c1)N(c1ccc(C(C)(C)C)cc1-c1ccccc1)c1c(ccc4c1sc1ccccc14)B3N(c1ccc(C(C)(C)C)cc1)c1ccc(-c3ccccc3)cc1-2. The van der Waals surface area contributed by atoms with E-state index in [9.17, 15) is 0 Å². The predicted molar refractivity (Wildman–Crippen MR) is 266 cm³/mol. The molecule has 9 aromatic rings. The molecule has 1 aromatic heterocycles. The zero-order valence-corrected chi connectivity index (χ0v) is 36.9. The minimum absolute atomic E-state index is 0.0165. The Labute approximate surface area is 364 Å². The molecule has 296 valence electrons. The van der Waals surface area contributed by atoms with Crippen LogP contribution in [-0.4, -0.2) is 6.85 Å². The molecule has 4 heteroatoms. The van der Waals surface area contributed by atoms with Gasteiger partial charge in [-0.05, 0) is 116 Å². The number of aryl methyl sites for hydroxylation is 1. The van der Waals surface area contributed by atoms with E-state index in [1.807, 2.05) is 11.3 Å². The Hall–Kier alpha value is -6.36. The molecule has 2 nitrogen and oxygen atoms in total. The third-order valence-corrected chi connectivity index (χ3v) is 14.2. The monoisotopic (exact) mass is 804 g/mol. The average molecular weight is 805 g/mol. The van der Waals surface area contributed by atoms with Crippen LogP contribution in [-0.2, 0) is 10.8 Å². The van der Waals surface area contributed by atoms with Crippen molar-refractivity contribution in [1.82, 2.24) is 0 Å². The zero-order chi connectivity index (χ0) is 41.8. The highest BCUT2D eigenvalue weighted by Crippen LogP contribution is 2.52. The Morgan fingerprint density at radius 3 is 1.85 bits per heavy atom. The number of hydrogen-bond donors (Lipinski definition) is 0. The van der Waals surface area contributed by atoms with Gasteiger partial charge in [0.05, 0.1) is 16.1 Å². The Kier molecular flexibility index (Phi) is 8.54. The number of anilines is 5. The highest BCUT2D eigenvalue weighted by atomic mass is 32.1. The van der Waals surface area contributed by atoms with Crippen LogP contribution in [0.3, 0.4) is 0 Å². The molecule has 2 aliphatic heterocycles. The molecule has 0 atom stereocenters. The molecule has 0 unspecified atom stereocenters. The van der Waals surface area contributed by atoms with Crippen molar-refractivity contribution in [3.05, 3.63) is 187 Å². The van der Waals surface area contributed by atoms with E-state index in [1.165, 1.54) is 110 Å². The van der Waals surface area contributed by atoms with Crippen molar-refractivity contribution in [2.24, 2.45) is 0 Å². The molecule has 11 rings (SSSR count). The summed E-state index contributed by atoms with van der Waals surface area (Å²) in [6, 6.07) is 64.3. The molecule has 0 fully saturated rings. The molecule has 0 amide bonds. The summed E-state index contributed by atoms with van der Waals surface area (Å²) < 4.78 is 2.63. The number of hydrogen-bond acceptors (Lipinski definition) is 3. The van der Waals surface area contributed by atoms with Gasteiger partial charge >= 0.3 is 6.85 Å². The molecular formula is C57H49BN2S. The summed E-state index contributed by atoms with van der Waals surface area (Å²) in [6.45, 7) is 16.1. The van der Waals surface area contributed by atoms with Gasteiger partial charge in [0.15, 0.2) is 0 Å². The average Bonchev–Trinajstić information content (AvgIpc) is 3.65. The molecule has 0 bridgehead atoms. The van der Waals surface area contributed by atoms with Crippen molar-refractivity contribution in [3.8, 4) is 33.4 Å². The number of nitrogens with zero attached hydrogens (tertiary/aromatic N) is 2. The molecule has 0 N–H and O–H groups in total. The van der Waals surface area contributed by atoms with Crippen molar-refractivity contribution < 1.29 is 0 Å². The molecule has 8 aromatic carbocycles. The van der Waals surface area contributed by atoms with Crippen molar-refractivity contribution >= 4 is 77.7 Å². The van der Waals surface area contributed by atoms with Crippen LogP contribution in [0.25, 0.3) is 53.6 Å². The zero-order valence-electron chi connectivity index (χ0n) is 36.0. The Bertz CT molecular complexity index is 3170. The first-order valence-corrected chi connectivity index (χ1v) is 22.4. The Morgan fingerprint density at radius 2 is 1.13 bits per heavy atom. The molecule has 0 radical (unpaired) electrons. The summed E-state index contributed by atoms with van der Waals surface area (Å²) >= 11 is 1.92. The normalized spacial score (nSPS) is 13.4. The van der Waals surface area contributed by atoms with Gasteiger partial charge in [-0.25, -0.2) is 0 Å². The lowest BCUT2D eigenvalue weighted by molar-refractivity contribution is 0.590. The van der Waals surface area contributed by atoms with Gasteiger partial charge in [-0.3, -0.25) is 0 Å². The summed E-state index contributed by atoms with van der Waals surface area (Å²) in [6.07, 6.45) is 0. The standard InChI is InChI=1S/C57H49BN2S/c1-36-32-47-46-34-39(37-16-10-8-11-17-37)22-30-50(46)60(42-26-23-40(24-27-42)56(2,3)4)58-48-29-28-44-43-20-14-15-21-52(43)61-55(44)54(48)59(51(33-36)53(47)58)49-31-25-41(57(5,6)7)35-45(49)38-18-12-9-13-19-38/h8-35H,1-7H3. The molecule has 0 spiro atoms. The third kappa shape index (κ3) is 6.06. The second-order valence-electron chi connectivity index (χ2n) is 19.1. The first kappa shape index (κ1) is 37.6. The van der Waals surface area contributed by atoms with Crippen molar-refractivity contribution in [1.29, 1.82) is 0 Å². The second-order valence-corrected chi connectivity index (χ2v) is 20.1. The van der Waals surface area contributed by atoms with Crippen molar-refractivity contribution in [3.63, 3.8) is 0 Å². The lowest BCUT2D eigenvalue weighted by atomic mass is 9.43. The molecular weight excluding hydrogens is 756 g/mol. The Balaban J connectivity index is 1.27. The van der Waals surface area contributed by atoms with E-state index < -0.39 is 0 Å². The molecule has 3 heterocycles. The van der Waals surface area contributed by atoms with E-state index in [4.69, 9.17) is 0 Å². The summed E-state index contributed by atoms with van der Waals surface area (Å²) in [7, 11) is 0. The van der Waals surface area contributed by atoms with Gasteiger partial charge < -0.3 is 9.71 Å². The largest absolute Gasteiger partial charge is 0.376 e.